The van der Waals surface area contributed by atoms with Crippen LogP contribution in [0, 0.1) is 13.8 Å². The van der Waals surface area contributed by atoms with Crippen LogP contribution in [0.25, 0.3) is 11.0 Å². The minimum Gasteiger partial charge on any atom is -0.483 e. The van der Waals surface area contributed by atoms with E-state index in [1.165, 1.54) is 0 Å². The number of likely N-dealkylation sites (tertiary alicyclic amines) is 1. The Morgan fingerprint density at radius 3 is 2.96 bits per heavy atom. The van der Waals surface area contributed by atoms with Crippen LogP contribution in [0.15, 0.2) is 42.5 Å². The van der Waals surface area contributed by atoms with Gasteiger partial charge >= 0.3 is 0 Å². The first-order valence-electron chi connectivity index (χ1n) is 9.06. The van der Waals surface area contributed by atoms with Crippen molar-refractivity contribution in [1.82, 2.24) is 14.9 Å². The van der Waals surface area contributed by atoms with Crippen molar-refractivity contribution in [3.05, 3.63) is 59.4 Å². The monoisotopic (exact) mass is 349 g/mol. The second kappa shape index (κ2) is 6.83. The van der Waals surface area contributed by atoms with E-state index in [0.717, 1.165) is 53.1 Å². The summed E-state index contributed by atoms with van der Waals surface area (Å²) >= 11 is 0. The maximum atomic E-state index is 12.8. The van der Waals surface area contributed by atoms with Crippen molar-refractivity contribution in [3.8, 4) is 5.75 Å². The van der Waals surface area contributed by atoms with Gasteiger partial charge in [-0.15, -0.1) is 0 Å². The Labute approximate surface area is 153 Å². The normalized spacial score (nSPS) is 17.0. The number of benzene rings is 2. The van der Waals surface area contributed by atoms with Gasteiger partial charge in [0.2, 0.25) is 0 Å². The highest BCUT2D eigenvalue weighted by Gasteiger charge is 2.32. The molecule has 3 aromatic rings. The summed E-state index contributed by atoms with van der Waals surface area (Å²) in [7, 11) is 0. The number of H-pyrrole nitrogens is 1. The number of aromatic nitrogens is 2. The molecule has 1 unspecified atom stereocenters. The van der Waals surface area contributed by atoms with Gasteiger partial charge in [0, 0.05) is 6.54 Å². The minimum absolute atomic E-state index is 0.00268. The SMILES string of the molecule is Cc1ccc(C)c(OCC(=O)N2CCCC2c2nc3ccccc3[nH]2)c1. The summed E-state index contributed by atoms with van der Waals surface area (Å²) in [4.78, 5) is 22.7. The maximum Gasteiger partial charge on any atom is 0.261 e. The highest BCUT2D eigenvalue weighted by atomic mass is 16.5. The maximum absolute atomic E-state index is 12.8. The van der Waals surface area contributed by atoms with Crippen molar-refractivity contribution in [2.75, 3.05) is 13.2 Å². The number of aryl methyl sites for hydroxylation is 2. The van der Waals surface area contributed by atoms with E-state index in [1.807, 2.05) is 61.2 Å². The number of aromatic amines is 1. The molecule has 0 radical (unpaired) electrons. The Balaban J connectivity index is 1.49. The number of amides is 1. The fourth-order valence-electron chi connectivity index (χ4n) is 3.57. The number of carbonyl (C=O) groups excluding carboxylic acids is 1. The Morgan fingerprint density at radius 2 is 2.12 bits per heavy atom. The number of imidazole rings is 1. The first-order chi connectivity index (χ1) is 12.6. The second-order valence-electron chi connectivity index (χ2n) is 6.94. The Morgan fingerprint density at radius 1 is 1.27 bits per heavy atom. The molecule has 5 heteroatoms. The van der Waals surface area contributed by atoms with Crippen LogP contribution in [-0.4, -0.2) is 33.9 Å². The third-order valence-corrected chi connectivity index (χ3v) is 4.99. The molecule has 1 fully saturated rings. The summed E-state index contributed by atoms with van der Waals surface area (Å²) in [6.45, 7) is 4.82. The lowest BCUT2D eigenvalue weighted by atomic mass is 10.1. The molecule has 1 aliphatic rings. The molecule has 26 heavy (non-hydrogen) atoms. The standard InChI is InChI=1S/C21H23N3O2/c1-14-9-10-15(2)19(12-14)26-13-20(25)24-11-5-8-18(24)21-22-16-6-3-4-7-17(16)23-21/h3-4,6-7,9-10,12,18H,5,8,11,13H2,1-2H3,(H,22,23). The number of nitrogens with one attached hydrogen (secondary N) is 1. The third-order valence-electron chi connectivity index (χ3n) is 4.99. The molecule has 1 aromatic heterocycles. The molecule has 0 bridgehead atoms. The van der Waals surface area contributed by atoms with E-state index in [1.54, 1.807) is 0 Å². The lowest BCUT2D eigenvalue weighted by molar-refractivity contribution is -0.134. The van der Waals surface area contributed by atoms with Gasteiger partial charge in [-0.3, -0.25) is 4.79 Å². The van der Waals surface area contributed by atoms with Crippen molar-refractivity contribution < 1.29 is 9.53 Å². The van der Waals surface area contributed by atoms with Crippen LogP contribution in [0.2, 0.25) is 0 Å². The quantitative estimate of drug-likeness (QED) is 0.776. The zero-order valence-corrected chi connectivity index (χ0v) is 15.2. The fourth-order valence-corrected chi connectivity index (χ4v) is 3.57. The Hall–Kier alpha value is -2.82. The average molecular weight is 349 g/mol. The topological polar surface area (TPSA) is 58.2 Å². The summed E-state index contributed by atoms with van der Waals surface area (Å²) in [5.41, 5.74) is 4.11. The van der Waals surface area contributed by atoms with E-state index in [-0.39, 0.29) is 18.6 Å². The summed E-state index contributed by atoms with van der Waals surface area (Å²) in [5, 5.41) is 0. The van der Waals surface area contributed by atoms with E-state index in [0.29, 0.717) is 0 Å². The van der Waals surface area contributed by atoms with Gasteiger partial charge in [-0.05, 0) is 56.0 Å². The molecule has 1 N–H and O–H groups in total. The van der Waals surface area contributed by atoms with Gasteiger partial charge in [0.15, 0.2) is 6.61 Å². The van der Waals surface area contributed by atoms with E-state index in [9.17, 15) is 4.79 Å². The van der Waals surface area contributed by atoms with Crippen LogP contribution in [-0.2, 0) is 4.79 Å². The zero-order chi connectivity index (χ0) is 18.1. The highest BCUT2D eigenvalue weighted by Crippen LogP contribution is 2.31. The molecule has 4 rings (SSSR count). The van der Waals surface area contributed by atoms with Crippen LogP contribution < -0.4 is 4.74 Å². The van der Waals surface area contributed by atoms with Crippen molar-refractivity contribution in [2.45, 2.75) is 32.7 Å². The third kappa shape index (κ3) is 3.17. The van der Waals surface area contributed by atoms with Crippen LogP contribution in [0.4, 0.5) is 0 Å². The van der Waals surface area contributed by atoms with Crippen molar-refractivity contribution in [2.24, 2.45) is 0 Å². The van der Waals surface area contributed by atoms with Crippen LogP contribution in [0.5, 0.6) is 5.75 Å². The van der Waals surface area contributed by atoms with Gasteiger partial charge in [0.1, 0.15) is 11.6 Å². The van der Waals surface area contributed by atoms with Crippen LogP contribution in [0.3, 0.4) is 0 Å². The number of ether oxygens (including phenoxy) is 1. The molecule has 1 atom stereocenters. The van der Waals surface area contributed by atoms with E-state index in [4.69, 9.17) is 4.74 Å². The molecule has 2 aromatic carbocycles. The molecule has 0 saturated carbocycles. The van der Waals surface area contributed by atoms with E-state index in [2.05, 4.69) is 9.97 Å². The predicted octanol–water partition coefficient (Wildman–Crippen LogP) is 3.92. The molecule has 5 nitrogen and oxygen atoms in total. The predicted molar refractivity (Wildman–Crippen MR) is 101 cm³/mol. The largest absolute Gasteiger partial charge is 0.483 e. The number of nitrogens with zero attached hydrogens (tertiary/aromatic N) is 2. The molecule has 2 heterocycles. The molecule has 1 amide bonds. The van der Waals surface area contributed by atoms with E-state index < -0.39 is 0 Å². The van der Waals surface area contributed by atoms with E-state index >= 15 is 0 Å². The number of carbonyl (C=O) groups is 1. The summed E-state index contributed by atoms with van der Waals surface area (Å²) in [5.74, 6) is 1.65. The second-order valence-corrected chi connectivity index (χ2v) is 6.94. The summed E-state index contributed by atoms with van der Waals surface area (Å²) < 4.78 is 5.81. The summed E-state index contributed by atoms with van der Waals surface area (Å²) in [6, 6.07) is 14.0. The fraction of sp³-hybridized carbons (Fsp3) is 0.333. The number of hydrogen-bond donors (Lipinski definition) is 1. The number of fused-ring (bicyclic) bond motifs is 1. The highest BCUT2D eigenvalue weighted by molar-refractivity contribution is 5.79. The lowest BCUT2D eigenvalue weighted by Gasteiger charge is -2.23. The zero-order valence-electron chi connectivity index (χ0n) is 15.2. The molecule has 1 aliphatic heterocycles. The van der Waals surface area contributed by atoms with Gasteiger partial charge in [0.25, 0.3) is 5.91 Å². The van der Waals surface area contributed by atoms with Crippen molar-refractivity contribution in [1.29, 1.82) is 0 Å². The van der Waals surface area contributed by atoms with Gasteiger partial charge in [-0.1, -0.05) is 24.3 Å². The van der Waals surface area contributed by atoms with Crippen molar-refractivity contribution >= 4 is 16.9 Å². The molecule has 134 valence electrons. The number of para-hydroxylation sites is 2. The molecular weight excluding hydrogens is 326 g/mol. The van der Waals surface area contributed by atoms with Gasteiger partial charge in [-0.2, -0.15) is 0 Å². The lowest BCUT2D eigenvalue weighted by Crippen LogP contribution is -2.35. The molecule has 1 saturated heterocycles. The number of rotatable bonds is 4. The Kier molecular flexibility index (Phi) is 4.37. The smallest absolute Gasteiger partial charge is 0.261 e. The average Bonchev–Trinajstić information content (AvgIpc) is 3.28. The first kappa shape index (κ1) is 16.6. The van der Waals surface area contributed by atoms with Crippen LogP contribution >= 0.6 is 0 Å². The number of hydrogen-bond acceptors (Lipinski definition) is 3. The Bertz CT molecular complexity index is 914. The van der Waals surface area contributed by atoms with Gasteiger partial charge < -0.3 is 14.6 Å². The molecular formula is C21H23N3O2. The molecule has 0 spiro atoms. The van der Waals surface area contributed by atoms with Crippen LogP contribution in [0.1, 0.15) is 35.8 Å². The molecule has 0 aliphatic carbocycles. The minimum atomic E-state index is -0.00268. The van der Waals surface area contributed by atoms with Crippen molar-refractivity contribution in [3.63, 3.8) is 0 Å². The van der Waals surface area contributed by atoms with Gasteiger partial charge in [-0.25, -0.2) is 4.98 Å². The summed E-state index contributed by atoms with van der Waals surface area (Å²) in [6.07, 6.45) is 1.91. The van der Waals surface area contributed by atoms with Gasteiger partial charge in [0.05, 0.1) is 17.1 Å². The first-order valence-corrected chi connectivity index (χ1v) is 9.06.